The second kappa shape index (κ2) is 10.1. The SMILES string of the molecule is Cc1ccc(-c2noc(CCC(=O)NCCCNc3ccc(C(F)(F)F)cn3)n2)cc1. The Morgan fingerprint density at radius 1 is 1.10 bits per heavy atom. The Kier molecular flexibility index (Phi) is 7.22. The van der Waals surface area contributed by atoms with E-state index in [1.54, 1.807) is 0 Å². The third-order valence-corrected chi connectivity index (χ3v) is 4.42. The molecule has 7 nitrogen and oxygen atoms in total. The highest BCUT2D eigenvalue weighted by molar-refractivity contribution is 5.76. The van der Waals surface area contributed by atoms with Gasteiger partial charge in [-0.1, -0.05) is 35.0 Å². The summed E-state index contributed by atoms with van der Waals surface area (Å²) in [6.07, 6.45) is -2.49. The second-order valence-electron chi connectivity index (χ2n) is 6.94. The second-order valence-corrected chi connectivity index (χ2v) is 6.94. The van der Waals surface area contributed by atoms with Crippen molar-refractivity contribution in [2.75, 3.05) is 18.4 Å². The van der Waals surface area contributed by atoms with Gasteiger partial charge in [0.1, 0.15) is 5.82 Å². The van der Waals surface area contributed by atoms with E-state index in [1.807, 2.05) is 31.2 Å². The molecule has 0 radical (unpaired) electrons. The summed E-state index contributed by atoms with van der Waals surface area (Å²) in [6, 6.07) is 9.98. The van der Waals surface area contributed by atoms with Crippen LogP contribution in [0.2, 0.25) is 0 Å². The molecule has 1 amide bonds. The third-order valence-electron chi connectivity index (χ3n) is 4.42. The van der Waals surface area contributed by atoms with E-state index in [2.05, 4.69) is 25.8 Å². The zero-order chi connectivity index (χ0) is 22.3. The van der Waals surface area contributed by atoms with Gasteiger partial charge >= 0.3 is 6.18 Å². The predicted octanol–water partition coefficient (Wildman–Crippen LogP) is 4.01. The van der Waals surface area contributed by atoms with E-state index in [0.717, 1.165) is 23.4 Å². The summed E-state index contributed by atoms with van der Waals surface area (Å²) in [4.78, 5) is 20.0. The lowest BCUT2D eigenvalue weighted by molar-refractivity contribution is -0.137. The summed E-state index contributed by atoms with van der Waals surface area (Å²) in [6.45, 7) is 2.87. The Bertz CT molecular complexity index is 985. The zero-order valence-corrected chi connectivity index (χ0v) is 16.9. The first-order valence-corrected chi connectivity index (χ1v) is 9.75. The fraction of sp³-hybridized carbons (Fsp3) is 0.333. The van der Waals surface area contributed by atoms with Crippen molar-refractivity contribution in [2.45, 2.75) is 32.4 Å². The van der Waals surface area contributed by atoms with Crippen molar-refractivity contribution in [2.24, 2.45) is 0 Å². The molecule has 2 heterocycles. The molecule has 0 aliphatic heterocycles. The summed E-state index contributed by atoms with van der Waals surface area (Å²) in [5.74, 6) is 1.07. The molecule has 0 saturated carbocycles. The van der Waals surface area contributed by atoms with E-state index < -0.39 is 11.7 Å². The van der Waals surface area contributed by atoms with Gasteiger partial charge in [-0.25, -0.2) is 4.98 Å². The number of amides is 1. The molecule has 31 heavy (non-hydrogen) atoms. The molecule has 2 N–H and O–H groups in total. The lowest BCUT2D eigenvalue weighted by Gasteiger charge is -2.09. The van der Waals surface area contributed by atoms with Crippen LogP contribution >= 0.6 is 0 Å². The number of hydrogen-bond acceptors (Lipinski definition) is 6. The molecule has 0 aliphatic carbocycles. The number of alkyl halides is 3. The van der Waals surface area contributed by atoms with Gasteiger partial charge in [0.05, 0.1) is 5.56 Å². The number of anilines is 1. The van der Waals surface area contributed by atoms with Crippen LogP contribution < -0.4 is 10.6 Å². The van der Waals surface area contributed by atoms with Crippen molar-refractivity contribution in [3.63, 3.8) is 0 Å². The van der Waals surface area contributed by atoms with Crippen molar-refractivity contribution in [1.82, 2.24) is 20.4 Å². The highest BCUT2D eigenvalue weighted by atomic mass is 19.4. The van der Waals surface area contributed by atoms with Gasteiger partial charge in [0.15, 0.2) is 0 Å². The highest BCUT2D eigenvalue weighted by Crippen LogP contribution is 2.28. The molecular formula is C21H22F3N5O2. The van der Waals surface area contributed by atoms with Gasteiger partial charge in [0.25, 0.3) is 0 Å². The topological polar surface area (TPSA) is 92.9 Å². The fourth-order valence-corrected chi connectivity index (χ4v) is 2.68. The van der Waals surface area contributed by atoms with Gasteiger partial charge in [-0.05, 0) is 25.5 Å². The lowest BCUT2D eigenvalue weighted by atomic mass is 10.1. The van der Waals surface area contributed by atoms with Crippen LogP contribution in [0.5, 0.6) is 0 Å². The van der Waals surface area contributed by atoms with Crippen LogP contribution in [0.1, 0.15) is 29.9 Å². The molecule has 0 saturated heterocycles. The molecule has 0 unspecified atom stereocenters. The summed E-state index contributed by atoms with van der Waals surface area (Å²) < 4.78 is 42.7. The van der Waals surface area contributed by atoms with Crippen molar-refractivity contribution < 1.29 is 22.5 Å². The number of nitrogens with one attached hydrogen (secondary N) is 2. The van der Waals surface area contributed by atoms with Crippen LogP contribution in [-0.4, -0.2) is 34.1 Å². The van der Waals surface area contributed by atoms with Crippen LogP contribution in [-0.2, 0) is 17.4 Å². The summed E-state index contributed by atoms with van der Waals surface area (Å²) >= 11 is 0. The van der Waals surface area contributed by atoms with Gasteiger partial charge in [-0.15, -0.1) is 0 Å². The number of carbonyl (C=O) groups excluding carboxylic acids is 1. The van der Waals surface area contributed by atoms with E-state index in [4.69, 9.17) is 4.52 Å². The minimum atomic E-state index is -4.40. The summed E-state index contributed by atoms with van der Waals surface area (Å²) in [5, 5.41) is 9.62. The van der Waals surface area contributed by atoms with Crippen LogP contribution in [0.3, 0.4) is 0 Å². The molecule has 2 aromatic heterocycles. The monoisotopic (exact) mass is 433 g/mol. The highest BCUT2D eigenvalue weighted by Gasteiger charge is 2.30. The fourth-order valence-electron chi connectivity index (χ4n) is 2.68. The molecule has 0 fully saturated rings. The zero-order valence-electron chi connectivity index (χ0n) is 16.9. The average molecular weight is 433 g/mol. The maximum Gasteiger partial charge on any atom is 0.417 e. The van der Waals surface area contributed by atoms with E-state index >= 15 is 0 Å². The van der Waals surface area contributed by atoms with E-state index in [-0.39, 0.29) is 12.3 Å². The Morgan fingerprint density at radius 3 is 2.55 bits per heavy atom. The number of benzene rings is 1. The normalized spacial score (nSPS) is 11.4. The van der Waals surface area contributed by atoms with Gasteiger partial charge in [-0.2, -0.15) is 18.2 Å². The van der Waals surface area contributed by atoms with Crippen molar-refractivity contribution in [1.29, 1.82) is 0 Å². The Hall–Kier alpha value is -3.43. The minimum Gasteiger partial charge on any atom is -0.370 e. The Balaban J connectivity index is 1.32. The van der Waals surface area contributed by atoms with Crippen LogP contribution in [0.25, 0.3) is 11.4 Å². The van der Waals surface area contributed by atoms with Gasteiger partial charge in [-0.3, -0.25) is 4.79 Å². The molecule has 3 rings (SSSR count). The Labute approximate surface area is 177 Å². The van der Waals surface area contributed by atoms with Crippen LogP contribution in [0.15, 0.2) is 47.1 Å². The van der Waals surface area contributed by atoms with Crippen LogP contribution in [0, 0.1) is 6.92 Å². The number of rotatable bonds is 9. The van der Waals surface area contributed by atoms with Gasteiger partial charge in [0.2, 0.25) is 17.6 Å². The number of pyridine rings is 1. The Morgan fingerprint density at radius 2 is 1.87 bits per heavy atom. The van der Waals surface area contributed by atoms with Gasteiger partial charge in [0, 0.05) is 37.7 Å². The number of carbonyl (C=O) groups is 1. The minimum absolute atomic E-state index is 0.150. The van der Waals surface area contributed by atoms with Crippen LogP contribution in [0.4, 0.5) is 19.0 Å². The predicted molar refractivity (Wildman–Crippen MR) is 108 cm³/mol. The summed E-state index contributed by atoms with van der Waals surface area (Å²) in [7, 11) is 0. The van der Waals surface area contributed by atoms with E-state index in [9.17, 15) is 18.0 Å². The number of halogens is 3. The number of aromatic nitrogens is 3. The van der Waals surface area contributed by atoms with Crippen molar-refractivity contribution >= 4 is 11.7 Å². The molecule has 0 spiro atoms. The largest absolute Gasteiger partial charge is 0.417 e. The molecule has 164 valence electrons. The molecular weight excluding hydrogens is 411 g/mol. The third kappa shape index (κ3) is 6.80. The smallest absolute Gasteiger partial charge is 0.370 e. The van der Waals surface area contributed by atoms with Gasteiger partial charge < -0.3 is 15.2 Å². The maximum atomic E-state index is 12.5. The van der Waals surface area contributed by atoms with Crippen molar-refractivity contribution in [3.8, 4) is 11.4 Å². The number of aryl methyl sites for hydroxylation is 2. The first-order valence-electron chi connectivity index (χ1n) is 9.75. The summed E-state index contributed by atoms with van der Waals surface area (Å²) in [5.41, 5.74) is 1.19. The number of nitrogens with zero attached hydrogens (tertiary/aromatic N) is 3. The molecule has 0 bridgehead atoms. The average Bonchev–Trinajstić information content (AvgIpc) is 3.21. The maximum absolute atomic E-state index is 12.5. The quantitative estimate of drug-likeness (QED) is 0.496. The molecule has 0 aliphatic rings. The molecule has 10 heteroatoms. The first kappa shape index (κ1) is 22.3. The molecule has 3 aromatic rings. The van der Waals surface area contributed by atoms with E-state index in [0.29, 0.717) is 43.5 Å². The van der Waals surface area contributed by atoms with E-state index in [1.165, 1.54) is 6.07 Å². The number of hydrogen-bond donors (Lipinski definition) is 2. The lowest BCUT2D eigenvalue weighted by Crippen LogP contribution is -2.26. The molecule has 1 aromatic carbocycles. The standard InChI is InChI=1S/C21H22F3N5O2/c1-14-3-5-15(6-4-14)20-28-19(31-29-20)10-9-18(30)26-12-2-11-25-17-8-7-16(13-27-17)21(22,23)24/h3-8,13H,2,9-12H2,1H3,(H,25,27)(H,26,30). The van der Waals surface area contributed by atoms with Crippen molar-refractivity contribution in [3.05, 3.63) is 59.6 Å². The molecule has 0 atom stereocenters. The first-order chi connectivity index (χ1) is 14.8.